The second-order valence-electron chi connectivity index (χ2n) is 6.98. The van der Waals surface area contributed by atoms with Crippen molar-refractivity contribution in [2.75, 3.05) is 4.90 Å². The summed E-state index contributed by atoms with van der Waals surface area (Å²) in [6.07, 6.45) is 0. The van der Waals surface area contributed by atoms with Gasteiger partial charge in [-0.15, -0.1) is 0 Å². The molecular formula is C23H16N2O4. The Labute approximate surface area is 165 Å². The molecule has 29 heavy (non-hydrogen) atoms. The van der Waals surface area contributed by atoms with Crippen LogP contribution in [0.5, 0.6) is 5.75 Å². The van der Waals surface area contributed by atoms with Crippen molar-refractivity contribution >= 4 is 22.7 Å². The lowest BCUT2D eigenvalue weighted by atomic mass is 9.98. The molecule has 3 heterocycles. The molecule has 0 bridgehead atoms. The molecule has 2 aromatic carbocycles. The Kier molecular flexibility index (Phi) is 3.74. The van der Waals surface area contributed by atoms with E-state index < -0.39 is 11.9 Å². The molecule has 142 valence electrons. The lowest BCUT2D eigenvalue weighted by Crippen LogP contribution is -2.30. The second-order valence-corrected chi connectivity index (χ2v) is 6.98. The van der Waals surface area contributed by atoms with Crippen LogP contribution in [0.25, 0.3) is 11.0 Å². The third kappa shape index (κ3) is 2.61. The number of anilines is 1. The van der Waals surface area contributed by atoms with E-state index in [1.807, 2.05) is 13.0 Å². The minimum absolute atomic E-state index is 0.00495. The molecule has 1 aliphatic heterocycles. The number of carbonyl (C=O) groups excluding carboxylic acids is 1. The van der Waals surface area contributed by atoms with E-state index >= 15 is 0 Å². The SMILES string of the molecule is Cc1cccc(N2C(=O)c3oc4ccccc4c(=O)c3C2c2cccc(O)c2)n1. The van der Waals surface area contributed by atoms with Crippen LogP contribution >= 0.6 is 0 Å². The third-order valence-electron chi connectivity index (χ3n) is 5.08. The molecule has 1 atom stereocenters. The predicted octanol–water partition coefficient (Wildman–Crippen LogP) is 3.95. The zero-order valence-corrected chi connectivity index (χ0v) is 15.5. The fraction of sp³-hybridized carbons (Fsp3) is 0.0870. The first kappa shape index (κ1) is 17.2. The molecule has 0 fully saturated rings. The number of phenols is 1. The smallest absolute Gasteiger partial charge is 0.296 e. The molecule has 4 aromatic rings. The number of aryl methyl sites for hydroxylation is 1. The lowest BCUT2D eigenvalue weighted by Gasteiger charge is -2.24. The monoisotopic (exact) mass is 384 g/mol. The Hall–Kier alpha value is -3.93. The normalized spacial score (nSPS) is 15.7. The molecule has 2 aromatic heterocycles. The van der Waals surface area contributed by atoms with E-state index in [0.29, 0.717) is 22.4 Å². The van der Waals surface area contributed by atoms with Crippen molar-refractivity contribution in [1.82, 2.24) is 4.98 Å². The van der Waals surface area contributed by atoms with Crippen molar-refractivity contribution in [1.29, 1.82) is 0 Å². The van der Waals surface area contributed by atoms with Crippen LogP contribution in [-0.2, 0) is 0 Å². The molecule has 0 spiro atoms. The summed E-state index contributed by atoms with van der Waals surface area (Å²) in [6, 6.07) is 18.0. The molecule has 1 amide bonds. The highest BCUT2D eigenvalue weighted by atomic mass is 16.3. The first-order valence-corrected chi connectivity index (χ1v) is 9.16. The topological polar surface area (TPSA) is 83.6 Å². The van der Waals surface area contributed by atoms with E-state index in [1.165, 1.54) is 4.90 Å². The molecular weight excluding hydrogens is 368 g/mol. The number of hydrogen-bond acceptors (Lipinski definition) is 5. The first-order valence-electron chi connectivity index (χ1n) is 9.16. The Morgan fingerprint density at radius 1 is 1.00 bits per heavy atom. The number of carbonyl (C=O) groups is 1. The van der Waals surface area contributed by atoms with Gasteiger partial charge in [0.05, 0.1) is 17.0 Å². The zero-order valence-electron chi connectivity index (χ0n) is 15.5. The van der Waals surface area contributed by atoms with Crippen LogP contribution < -0.4 is 10.3 Å². The first-order chi connectivity index (χ1) is 14.0. The van der Waals surface area contributed by atoms with E-state index in [9.17, 15) is 14.7 Å². The van der Waals surface area contributed by atoms with Gasteiger partial charge < -0.3 is 9.52 Å². The summed E-state index contributed by atoms with van der Waals surface area (Å²) < 4.78 is 5.88. The maximum absolute atomic E-state index is 13.4. The molecule has 1 aliphatic rings. The van der Waals surface area contributed by atoms with E-state index in [4.69, 9.17) is 4.42 Å². The minimum atomic E-state index is -0.750. The Morgan fingerprint density at radius 3 is 2.59 bits per heavy atom. The van der Waals surface area contributed by atoms with Crippen molar-refractivity contribution in [3.8, 4) is 5.75 Å². The third-order valence-corrected chi connectivity index (χ3v) is 5.08. The van der Waals surface area contributed by atoms with E-state index in [0.717, 1.165) is 5.69 Å². The van der Waals surface area contributed by atoms with Gasteiger partial charge in [0.15, 0.2) is 5.43 Å². The van der Waals surface area contributed by atoms with Crippen LogP contribution in [0, 0.1) is 6.92 Å². The number of rotatable bonds is 2. The van der Waals surface area contributed by atoms with Crippen molar-refractivity contribution in [3.05, 3.63) is 99.5 Å². The van der Waals surface area contributed by atoms with Crippen LogP contribution in [0.4, 0.5) is 5.82 Å². The molecule has 0 radical (unpaired) electrons. The number of hydrogen-bond donors (Lipinski definition) is 1. The van der Waals surface area contributed by atoms with Crippen molar-refractivity contribution < 1.29 is 14.3 Å². The highest BCUT2D eigenvalue weighted by Gasteiger charge is 2.44. The summed E-state index contributed by atoms with van der Waals surface area (Å²) in [5.41, 5.74) is 1.69. The number of para-hydroxylation sites is 1. The predicted molar refractivity (Wildman–Crippen MR) is 108 cm³/mol. The number of pyridine rings is 1. The molecule has 0 saturated heterocycles. The van der Waals surface area contributed by atoms with Crippen LogP contribution in [0.15, 0.2) is 75.9 Å². The molecule has 0 saturated carbocycles. The average Bonchev–Trinajstić information content (AvgIpc) is 3.01. The van der Waals surface area contributed by atoms with Gasteiger partial charge in [-0.25, -0.2) is 4.98 Å². The Morgan fingerprint density at radius 2 is 1.79 bits per heavy atom. The molecule has 0 aliphatic carbocycles. The van der Waals surface area contributed by atoms with Gasteiger partial charge in [-0.2, -0.15) is 0 Å². The van der Waals surface area contributed by atoms with Gasteiger partial charge in [0.25, 0.3) is 5.91 Å². The summed E-state index contributed by atoms with van der Waals surface area (Å²) >= 11 is 0. The molecule has 1 N–H and O–H groups in total. The number of nitrogens with zero attached hydrogens (tertiary/aromatic N) is 2. The Balaban J connectivity index is 1.84. The summed E-state index contributed by atoms with van der Waals surface area (Å²) in [7, 11) is 0. The lowest BCUT2D eigenvalue weighted by molar-refractivity contribution is 0.0970. The fourth-order valence-corrected chi connectivity index (χ4v) is 3.83. The van der Waals surface area contributed by atoms with Crippen molar-refractivity contribution in [3.63, 3.8) is 0 Å². The molecule has 1 unspecified atom stereocenters. The van der Waals surface area contributed by atoms with Crippen LogP contribution in [0.3, 0.4) is 0 Å². The van der Waals surface area contributed by atoms with Crippen molar-refractivity contribution in [2.45, 2.75) is 13.0 Å². The highest BCUT2D eigenvalue weighted by molar-refractivity contribution is 6.10. The van der Waals surface area contributed by atoms with Gasteiger partial charge in [0, 0.05) is 5.69 Å². The number of fused-ring (bicyclic) bond motifs is 2. The molecule has 5 rings (SSSR count). The van der Waals surface area contributed by atoms with Crippen molar-refractivity contribution in [2.24, 2.45) is 0 Å². The quantitative estimate of drug-likeness (QED) is 0.566. The summed E-state index contributed by atoms with van der Waals surface area (Å²) in [6.45, 7) is 1.83. The second kappa shape index (κ2) is 6.31. The standard InChI is InChI=1S/C23H16N2O4/c1-13-6-4-11-18(24-13)25-20(14-7-5-8-15(26)12-14)19-21(27)16-9-2-3-10-17(16)29-22(19)23(25)28/h2-12,20,26H,1H3. The van der Waals surface area contributed by atoms with E-state index in [2.05, 4.69) is 4.98 Å². The summed E-state index contributed by atoms with van der Waals surface area (Å²) in [5, 5.41) is 10.4. The fourth-order valence-electron chi connectivity index (χ4n) is 3.83. The average molecular weight is 384 g/mol. The van der Waals surface area contributed by atoms with Gasteiger partial charge in [0.1, 0.15) is 17.2 Å². The number of aromatic nitrogens is 1. The van der Waals surface area contributed by atoms with Crippen LogP contribution in [0.2, 0.25) is 0 Å². The minimum Gasteiger partial charge on any atom is -0.508 e. The number of benzene rings is 2. The Bertz CT molecular complexity index is 1340. The van der Waals surface area contributed by atoms with Crippen LogP contribution in [-0.4, -0.2) is 16.0 Å². The highest BCUT2D eigenvalue weighted by Crippen LogP contribution is 2.41. The van der Waals surface area contributed by atoms with E-state index in [-0.39, 0.29) is 22.5 Å². The maximum Gasteiger partial charge on any atom is 0.296 e. The van der Waals surface area contributed by atoms with Crippen LogP contribution in [0.1, 0.15) is 33.4 Å². The van der Waals surface area contributed by atoms with Gasteiger partial charge in [0.2, 0.25) is 5.76 Å². The molecule has 6 nitrogen and oxygen atoms in total. The summed E-state index contributed by atoms with van der Waals surface area (Å²) in [4.78, 5) is 32.7. The van der Waals surface area contributed by atoms with Gasteiger partial charge in [-0.1, -0.05) is 30.3 Å². The summed E-state index contributed by atoms with van der Waals surface area (Å²) in [5.74, 6) is 0.0311. The zero-order chi connectivity index (χ0) is 20.1. The largest absolute Gasteiger partial charge is 0.508 e. The van der Waals surface area contributed by atoms with Gasteiger partial charge in [-0.3, -0.25) is 14.5 Å². The number of amides is 1. The molecule has 6 heteroatoms. The number of aromatic hydroxyl groups is 1. The van der Waals surface area contributed by atoms with Gasteiger partial charge in [-0.05, 0) is 48.9 Å². The number of phenolic OH excluding ortho intramolecular Hbond substituents is 1. The van der Waals surface area contributed by atoms with E-state index in [1.54, 1.807) is 60.7 Å². The van der Waals surface area contributed by atoms with Gasteiger partial charge >= 0.3 is 0 Å². The maximum atomic E-state index is 13.4.